The first-order chi connectivity index (χ1) is 11.6. The molecule has 5 nitrogen and oxygen atoms in total. The molecular formula is C18H27Cl2N3O2. The van der Waals surface area contributed by atoms with Gasteiger partial charge in [-0.15, -0.1) is 12.4 Å². The van der Waals surface area contributed by atoms with Crippen LogP contribution >= 0.6 is 24.0 Å². The molecule has 0 aromatic heterocycles. The molecule has 1 fully saturated rings. The molecule has 1 aromatic rings. The van der Waals surface area contributed by atoms with Crippen LogP contribution in [0, 0.1) is 11.8 Å². The zero-order chi connectivity index (χ0) is 17.4. The normalized spacial score (nSPS) is 15.8. The van der Waals surface area contributed by atoms with Crippen molar-refractivity contribution >= 4 is 35.8 Å². The average molecular weight is 388 g/mol. The maximum Gasteiger partial charge on any atom is 0.251 e. The number of carbonyl (C=O) groups is 2. The maximum atomic E-state index is 12.0. The van der Waals surface area contributed by atoms with Crippen molar-refractivity contribution in [2.24, 2.45) is 11.8 Å². The Morgan fingerprint density at radius 1 is 1.16 bits per heavy atom. The number of hydrogen-bond acceptors (Lipinski definition) is 3. The van der Waals surface area contributed by atoms with Crippen LogP contribution in [0.3, 0.4) is 0 Å². The molecule has 140 valence electrons. The quantitative estimate of drug-likeness (QED) is 0.629. The van der Waals surface area contributed by atoms with Crippen LogP contribution in [-0.4, -0.2) is 38.0 Å². The van der Waals surface area contributed by atoms with Crippen LogP contribution in [0.2, 0.25) is 5.02 Å². The molecule has 25 heavy (non-hydrogen) atoms. The molecule has 2 amide bonds. The van der Waals surface area contributed by atoms with E-state index in [2.05, 4.69) is 22.9 Å². The number of amides is 2. The van der Waals surface area contributed by atoms with E-state index >= 15 is 0 Å². The molecule has 1 saturated heterocycles. The average Bonchev–Trinajstić information content (AvgIpc) is 2.60. The Hall–Kier alpha value is -1.30. The molecule has 0 bridgehead atoms. The second-order valence-electron chi connectivity index (χ2n) is 6.38. The van der Waals surface area contributed by atoms with E-state index in [9.17, 15) is 9.59 Å². The van der Waals surface area contributed by atoms with Crippen LogP contribution in [0.4, 0.5) is 0 Å². The molecule has 0 aliphatic carbocycles. The van der Waals surface area contributed by atoms with Gasteiger partial charge in [0.15, 0.2) is 0 Å². The summed E-state index contributed by atoms with van der Waals surface area (Å²) < 4.78 is 0. The smallest absolute Gasteiger partial charge is 0.251 e. The summed E-state index contributed by atoms with van der Waals surface area (Å²) in [5.74, 6) is 0.920. The van der Waals surface area contributed by atoms with Crippen LogP contribution in [-0.2, 0) is 4.79 Å². The van der Waals surface area contributed by atoms with Crippen molar-refractivity contribution in [1.82, 2.24) is 16.0 Å². The van der Waals surface area contributed by atoms with E-state index in [1.54, 1.807) is 24.3 Å². The largest absolute Gasteiger partial charge is 0.354 e. The predicted octanol–water partition coefficient (Wildman–Crippen LogP) is 2.63. The fourth-order valence-corrected chi connectivity index (χ4v) is 3.15. The minimum atomic E-state index is -0.163. The number of benzene rings is 1. The Bertz CT molecular complexity index is 546. The van der Waals surface area contributed by atoms with Crippen molar-refractivity contribution in [1.29, 1.82) is 0 Å². The van der Waals surface area contributed by atoms with Crippen LogP contribution in [0.5, 0.6) is 0 Å². The Morgan fingerprint density at radius 3 is 2.40 bits per heavy atom. The Morgan fingerprint density at radius 2 is 1.76 bits per heavy atom. The highest BCUT2D eigenvalue weighted by molar-refractivity contribution is 6.30. The van der Waals surface area contributed by atoms with Gasteiger partial charge in [0.25, 0.3) is 5.91 Å². The number of nitrogens with one attached hydrogen (secondary N) is 3. The summed E-state index contributed by atoms with van der Waals surface area (Å²) in [5.41, 5.74) is 0.560. The minimum absolute atomic E-state index is 0. The number of hydrogen-bond donors (Lipinski definition) is 3. The van der Waals surface area contributed by atoms with E-state index < -0.39 is 0 Å². The highest BCUT2D eigenvalue weighted by Crippen LogP contribution is 2.23. The molecular weight excluding hydrogens is 361 g/mol. The maximum absolute atomic E-state index is 12.0. The molecule has 0 saturated carbocycles. The Balaban J connectivity index is 0.00000312. The van der Waals surface area contributed by atoms with Gasteiger partial charge >= 0.3 is 0 Å². The monoisotopic (exact) mass is 387 g/mol. The summed E-state index contributed by atoms with van der Waals surface area (Å²) in [4.78, 5) is 23.9. The lowest BCUT2D eigenvalue weighted by Crippen LogP contribution is -2.36. The molecule has 3 N–H and O–H groups in total. The summed E-state index contributed by atoms with van der Waals surface area (Å²) in [6, 6.07) is 6.72. The van der Waals surface area contributed by atoms with Crippen LogP contribution in [0.1, 0.15) is 36.5 Å². The van der Waals surface area contributed by atoms with Gasteiger partial charge in [-0.25, -0.2) is 0 Å². The second kappa shape index (κ2) is 11.3. The van der Waals surface area contributed by atoms with Crippen molar-refractivity contribution in [3.63, 3.8) is 0 Å². The summed E-state index contributed by atoms with van der Waals surface area (Å²) in [7, 11) is 0. The molecule has 1 atom stereocenters. The second-order valence-corrected chi connectivity index (χ2v) is 6.82. The van der Waals surface area contributed by atoms with Gasteiger partial charge in [0, 0.05) is 30.1 Å². The fourth-order valence-electron chi connectivity index (χ4n) is 3.03. The van der Waals surface area contributed by atoms with Crippen molar-refractivity contribution in [3.8, 4) is 0 Å². The first-order valence-corrected chi connectivity index (χ1v) is 8.95. The number of carbonyl (C=O) groups excluding carboxylic acids is 2. The van der Waals surface area contributed by atoms with Gasteiger partial charge in [-0.2, -0.15) is 0 Å². The summed E-state index contributed by atoms with van der Waals surface area (Å²) in [5, 5.41) is 9.61. The van der Waals surface area contributed by atoms with Crippen LogP contribution < -0.4 is 16.0 Å². The molecule has 0 radical (unpaired) electrons. The van der Waals surface area contributed by atoms with Gasteiger partial charge in [0.05, 0.1) is 0 Å². The Labute approximate surface area is 160 Å². The van der Waals surface area contributed by atoms with Crippen molar-refractivity contribution in [2.75, 3.05) is 26.2 Å². The van der Waals surface area contributed by atoms with Gasteiger partial charge in [-0.05, 0) is 62.0 Å². The fraction of sp³-hybridized carbons (Fsp3) is 0.556. The van der Waals surface area contributed by atoms with Gasteiger partial charge in [0.1, 0.15) is 0 Å². The van der Waals surface area contributed by atoms with Crippen molar-refractivity contribution in [2.45, 2.75) is 26.2 Å². The lowest BCUT2D eigenvalue weighted by molar-refractivity contribution is -0.122. The molecule has 7 heteroatoms. The zero-order valence-corrected chi connectivity index (χ0v) is 16.1. The predicted molar refractivity (Wildman–Crippen MR) is 103 cm³/mol. The topological polar surface area (TPSA) is 70.2 Å². The van der Waals surface area contributed by atoms with E-state index in [0.29, 0.717) is 41.9 Å². The summed E-state index contributed by atoms with van der Waals surface area (Å²) in [6.07, 6.45) is 2.84. The number of rotatable bonds is 7. The van der Waals surface area contributed by atoms with Crippen LogP contribution in [0.15, 0.2) is 24.3 Å². The van der Waals surface area contributed by atoms with Gasteiger partial charge in [-0.1, -0.05) is 18.5 Å². The lowest BCUT2D eigenvalue weighted by Gasteiger charge is -2.27. The van der Waals surface area contributed by atoms with Gasteiger partial charge in [0.2, 0.25) is 5.91 Å². The third-order valence-electron chi connectivity index (χ3n) is 4.54. The summed E-state index contributed by atoms with van der Waals surface area (Å²) in [6.45, 7) is 5.10. The number of halogens is 2. The van der Waals surface area contributed by atoms with Crippen LogP contribution in [0.25, 0.3) is 0 Å². The zero-order valence-electron chi connectivity index (χ0n) is 14.5. The molecule has 1 aliphatic rings. The highest BCUT2D eigenvalue weighted by Gasteiger charge is 2.21. The molecule has 1 unspecified atom stereocenters. The molecule has 1 aliphatic heterocycles. The SMILES string of the molecule is CC(CC(=O)NCCNC(=O)c1ccc(Cl)cc1)C1CCNCC1.Cl. The lowest BCUT2D eigenvalue weighted by atomic mass is 9.84. The van der Waals surface area contributed by atoms with E-state index in [1.165, 1.54) is 0 Å². The first-order valence-electron chi connectivity index (χ1n) is 8.57. The van der Waals surface area contributed by atoms with Gasteiger partial charge < -0.3 is 16.0 Å². The van der Waals surface area contributed by atoms with Crippen molar-refractivity contribution < 1.29 is 9.59 Å². The summed E-state index contributed by atoms with van der Waals surface area (Å²) >= 11 is 5.79. The number of piperidine rings is 1. The Kier molecular flexibility index (Phi) is 9.86. The molecule has 0 spiro atoms. The third kappa shape index (κ3) is 7.63. The first kappa shape index (κ1) is 21.7. The van der Waals surface area contributed by atoms with Crippen molar-refractivity contribution in [3.05, 3.63) is 34.9 Å². The third-order valence-corrected chi connectivity index (χ3v) is 4.79. The van der Waals surface area contributed by atoms with E-state index in [0.717, 1.165) is 25.9 Å². The highest BCUT2D eigenvalue weighted by atomic mass is 35.5. The molecule has 2 rings (SSSR count). The van der Waals surface area contributed by atoms with Gasteiger partial charge in [-0.3, -0.25) is 9.59 Å². The molecule has 1 aromatic carbocycles. The van der Waals surface area contributed by atoms with E-state index in [1.807, 2.05) is 0 Å². The van der Waals surface area contributed by atoms with E-state index in [4.69, 9.17) is 11.6 Å². The van der Waals surface area contributed by atoms with E-state index in [-0.39, 0.29) is 24.2 Å². The minimum Gasteiger partial charge on any atom is -0.354 e. The molecule has 1 heterocycles. The standard InChI is InChI=1S/C18H26ClN3O2.ClH/c1-13(14-6-8-20-9-7-14)12-17(23)21-10-11-22-18(24)15-2-4-16(19)5-3-15;/h2-5,13-14,20H,6-12H2,1H3,(H,21,23)(H,22,24);1H.